The topological polar surface area (TPSA) is 49.3 Å². The van der Waals surface area contributed by atoms with Crippen LogP contribution < -0.4 is 4.90 Å². The zero-order valence-electron chi connectivity index (χ0n) is 20.3. The van der Waals surface area contributed by atoms with Crippen LogP contribution >= 0.6 is 0 Å². The third kappa shape index (κ3) is 5.03. The van der Waals surface area contributed by atoms with Crippen LogP contribution in [0, 0.1) is 11.6 Å². The molecule has 1 aliphatic rings. The van der Waals surface area contributed by atoms with Gasteiger partial charge in [0.05, 0.1) is 12.0 Å². The van der Waals surface area contributed by atoms with Crippen LogP contribution in [0.1, 0.15) is 18.1 Å². The first-order chi connectivity index (χ1) is 18.1. The normalized spacial score (nSPS) is 16.2. The smallest absolute Gasteiger partial charge is 0.351 e. The summed E-state index contributed by atoms with van der Waals surface area (Å²) in [7, 11) is 0. The van der Waals surface area contributed by atoms with Crippen molar-refractivity contribution in [1.82, 2.24) is 15.1 Å². The molecule has 0 aliphatic carbocycles. The largest absolute Gasteiger partial charge is 0.416 e. The van der Waals surface area contributed by atoms with E-state index in [1.165, 1.54) is 12.1 Å². The van der Waals surface area contributed by atoms with E-state index in [0.717, 1.165) is 28.5 Å². The predicted molar refractivity (Wildman–Crippen MR) is 133 cm³/mol. The summed E-state index contributed by atoms with van der Waals surface area (Å²) in [6, 6.07) is 15.6. The van der Waals surface area contributed by atoms with Crippen molar-refractivity contribution in [2.45, 2.75) is 25.6 Å². The fourth-order valence-electron chi connectivity index (χ4n) is 4.80. The Bertz CT molecular complexity index is 1490. The van der Waals surface area contributed by atoms with Crippen molar-refractivity contribution in [2.75, 3.05) is 24.5 Å². The van der Waals surface area contributed by atoms with Gasteiger partial charge in [0.1, 0.15) is 17.3 Å². The average Bonchev–Trinajstić information content (AvgIpc) is 2.89. The standard InChI is InChI=1S/C28H23F5N4O/c1-17-16-36(12-13-37(17)25(38)14-19-6-9-20(15-24(19)30)28(31,32)33)27-23-5-3-2-4-22(23)26(34-35-27)18-7-10-21(29)11-8-18/h2-11,15,17H,12-14,16H2,1H3/t17-/m0/s1. The van der Waals surface area contributed by atoms with Crippen molar-refractivity contribution in [3.8, 4) is 11.3 Å². The molecule has 0 N–H and O–H groups in total. The second kappa shape index (κ2) is 10.00. The summed E-state index contributed by atoms with van der Waals surface area (Å²) in [6.07, 6.45) is -4.98. The molecule has 38 heavy (non-hydrogen) atoms. The molecule has 0 unspecified atom stereocenters. The number of carbonyl (C=O) groups excluding carboxylic acids is 1. The van der Waals surface area contributed by atoms with Crippen LogP contribution in [0.2, 0.25) is 0 Å². The molecule has 1 amide bonds. The van der Waals surface area contributed by atoms with E-state index in [1.54, 1.807) is 17.0 Å². The number of nitrogens with zero attached hydrogens (tertiary/aromatic N) is 4. The molecule has 1 aliphatic heterocycles. The van der Waals surface area contributed by atoms with Gasteiger partial charge in [0.25, 0.3) is 0 Å². The summed E-state index contributed by atoms with van der Waals surface area (Å²) in [5.41, 5.74) is 0.198. The van der Waals surface area contributed by atoms with E-state index in [9.17, 15) is 26.7 Å². The molecule has 0 radical (unpaired) electrons. The molecule has 196 valence electrons. The molecule has 1 aromatic heterocycles. The van der Waals surface area contributed by atoms with Crippen molar-refractivity contribution in [2.24, 2.45) is 0 Å². The Balaban J connectivity index is 1.34. The fraction of sp³-hybridized carbons (Fsp3) is 0.250. The van der Waals surface area contributed by atoms with Crippen molar-refractivity contribution in [3.05, 3.63) is 89.5 Å². The highest BCUT2D eigenvalue weighted by molar-refractivity contribution is 6.00. The quantitative estimate of drug-likeness (QED) is 0.312. The van der Waals surface area contributed by atoms with Crippen molar-refractivity contribution in [1.29, 1.82) is 0 Å². The summed E-state index contributed by atoms with van der Waals surface area (Å²) in [5, 5.41) is 10.6. The number of fused-ring (bicyclic) bond motifs is 1. The van der Waals surface area contributed by atoms with Gasteiger partial charge in [0.2, 0.25) is 5.91 Å². The maximum absolute atomic E-state index is 14.3. The summed E-state index contributed by atoms with van der Waals surface area (Å²) in [4.78, 5) is 16.6. The Hall–Kier alpha value is -4.08. The molecular weight excluding hydrogens is 503 g/mol. The first-order valence-electron chi connectivity index (χ1n) is 12.0. The van der Waals surface area contributed by atoms with Crippen molar-refractivity contribution < 1.29 is 26.7 Å². The highest BCUT2D eigenvalue weighted by atomic mass is 19.4. The van der Waals surface area contributed by atoms with Crippen LogP contribution in [0.25, 0.3) is 22.0 Å². The van der Waals surface area contributed by atoms with Gasteiger partial charge in [0.15, 0.2) is 5.82 Å². The van der Waals surface area contributed by atoms with Crippen LogP contribution in [0.4, 0.5) is 27.8 Å². The van der Waals surface area contributed by atoms with Crippen LogP contribution in [0.3, 0.4) is 0 Å². The SMILES string of the molecule is C[C@H]1CN(c2nnc(-c3ccc(F)cc3)c3ccccc23)CCN1C(=O)Cc1ccc(C(F)(F)F)cc1F. The number of rotatable bonds is 4. The monoisotopic (exact) mass is 526 g/mol. The van der Waals surface area contributed by atoms with Gasteiger partial charge >= 0.3 is 6.18 Å². The number of piperazine rings is 1. The Labute approximate surface area is 215 Å². The Kier molecular flexibility index (Phi) is 6.73. The number of hydrogen-bond acceptors (Lipinski definition) is 4. The molecule has 0 bridgehead atoms. The Morgan fingerprint density at radius 1 is 0.947 bits per heavy atom. The molecule has 5 rings (SSSR count). The molecule has 5 nitrogen and oxygen atoms in total. The van der Waals surface area contributed by atoms with Crippen LogP contribution in [-0.2, 0) is 17.4 Å². The van der Waals surface area contributed by atoms with E-state index in [4.69, 9.17) is 0 Å². The second-order valence-electron chi connectivity index (χ2n) is 9.29. The number of amides is 1. The third-order valence-corrected chi connectivity index (χ3v) is 6.75. The number of anilines is 1. The fourth-order valence-corrected chi connectivity index (χ4v) is 4.80. The zero-order chi connectivity index (χ0) is 27.0. The van der Waals surface area contributed by atoms with E-state index in [0.29, 0.717) is 37.2 Å². The van der Waals surface area contributed by atoms with Gasteiger partial charge in [0, 0.05) is 42.0 Å². The van der Waals surface area contributed by atoms with Gasteiger partial charge in [-0.05, 0) is 48.9 Å². The summed E-state index contributed by atoms with van der Waals surface area (Å²) >= 11 is 0. The minimum atomic E-state index is -4.65. The molecular formula is C28H23F5N4O. The molecule has 1 saturated heterocycles. The molecule has 10 heteroatoms. The third-order valence-electron chi connectivity index (χ3n) is 6.75. The molecule has 2 heterocycles. The van der Waals surface area contributed by atoms with Crippen LogP contribution in [-0.4, -0.2) is 46.7 Å². The highest BCUT2D eigenvalue weighted by Crippen LogP contribution is 2.33. The second-order valence-corrected chi connectivity index (χ2v) is 9.29. The maximum atomic E-state index is 14.3. The van der Waals surface area contributed by atoms with E-state index in [-0.39, 0.29) is 29.8 Å². The lowest BCUT2D eigenvalue weighted by Crippen LogP contribution is -2.54. The van der Waals surface area contributed by atoms with E-state index < -0.39 is 17.6 Å². The van der Waals surface area contributed by atoms with Gasteiger partial charge in [-0.3, -0.25) is 4.79 Å². The first-order valence-corrected chi connectivity index (χ1v) is 12.0. The van der Waals surface area contributed by atoms with Gasteiger partial charge in [-0.1, -0.05) is 30.3 Å². The number of halogens is 5. The lowest BCUT2D eigenvalue weighted by molar-refractivity contribution is -0.137. The number of alkyl halides is 3. The van der Waals surface area contributed by atoms with Crippen LogP contribution in [0.15, 0.2) is 66.7 Å². The lowest BCUT2D eigenvalue weighted by atomic mass is 10.0. The minimum absolute atomic E-state index is 0.0779. The van der Waals surface area contributed by atoms with E-state index in [1.807, 2.05) is 36.1 Å². The lowest BCUT2D eigenvalue weighted by Gasteiger charge is -2.40. The summed E-state index contributed by atoms with van der Waals surface area (Å²) < 4.78 is 66.2. The van der Waals surface area contributed by atoms with Crippen LogP contribution in [0.5, 0.6) is 0 Å². The molecule has 0 spiro atoms. The molecule has 4 aromatic rings. The Morgan fingerprint density at radius 3 is 2.32 bits per heavy atom. The minimum Gasteiger partial charge on any atom is -0.351 e. The highest BCUT2D eigenvalue weighted by Gasteiger charge is 2.32. The molecule has 1 atom stereocenters. The van der Waals surface area contributed by atoms with E-state index in [2.05, 4.69) is 10.2 Å². The average molecular weight is 527 g/mol. The summed E-state index contributed by atoms with van der Waals surface area (Å²) in [5.74, 6) is -1.11. The number of hydrogen-bond donors (Lipinski definition) is 0. The maximum Gasteiger partial charge on any atom is 0.416 e. The van der Waals surface area contributed by atoms with Gasteiger partial charge in [-0.25, -0.2) is 8.78 Å². The molecule has 3 aromatic carbocycles. The zero-order valence-corrected chi connectivity index (χ0v) is 20.3. The van der Waals surface area contributed by atoms with Gasteiger partial charge in [-0.15, -0.1) is 10.2 Å². The van der Waals surface area contributed by atoms with E-state index >= 15 is 0 Å². The van der Waals surface area contributed by atoms with Gasteiger partial charge in [-0.2, -0.15) is 13.2 Å². The summed E-state index contributed by atoms with van der Waals surface area (Å²) in [6.45, 7) is 3.07. The number of aromatic nitrogens is 2. The van der Waals surface area contributed by atoms with Crippen molar-refractivity contribution in [3.63, 3.8) is 0 Å². The number of carbonyl (C=O) groups is 1. The predicted octanol–water partition coefficient (Wildman–Crippen LogP) is 5.87. The Morgan fingerprint density at radius 2 is 1.66 bits per heavy atom. The first kappa shape index (κ1) is 25.6. The van der Waals surface area contributed by atoms with Gasteiger partial charge < -0.3 is 9.80 Å². The van der Waals surface area contributed by atoms with Crippen molar-refractivity contribution >= 4 is 22.5 Å². The molecule has 1 fully saturated rings. The number of benzene rings is 3. The molecule has 0 saturated carbocycles.